The van der Waals surface area contributed by atoms with E-state index >= 15 is 0 Å². The first-order valence-electron chi connectivity index (χ1n) is 11.9. The predicted octanol–water partition coefficient (Wildman–Crippen LogP) is 2.17. The monoisotopic (exact) mass is 566 g/mol. The number of esters is 1. The second-order valence-electron chi connectivity index (χ2n) is 9.08. The number of thioether (sulfide) groups is 1. The summed E-state index contributed by atoms with van der Waals surface area (Å²) >= 11 is 1.21. The van der Waals surface area contributed by atoms with E-state index in [9.17, 15) is 14.4 Å². The molecule has 0 aliphatic carbocycles. The summed E-state index contributed by atoms with van der Waals surface area (Å²) in [5, 5.41) is 10.1. The highest BCUT2D eigenvalue weighted by Crippen LogP contribution is 2.35. The van der Waals surface area contributed by atoms with E-state index in [2.05, 4.69) is 10.1 Å². The summed E-state index contributed by atoms with van der Waals surface area (Å²) in [6, 6.07) is 0. The topological polar surface area (TPSA) is 162 Å². The fraction of sp³-hybridized carbons (Fsp3) is 0.739. The van der Waals surface area contributed by atoms with Crippen molar-refractivity contribution in [2.45, 2.75) is 65.9 Å². The van der Waals surface area contributed by atoms with Gasteiger partial charge in [-0.1, -0.05) is 32.5 Å². The van der Waals surface area contributed by atoms with Crippen molar-refractivity contribution in [3.63, 3.8) is 0 Å². The SMILES string of the molecule is CC(C)OC(=O)CN[P@](OCCSC(=O)C(C)(C)C)OCC1CCC(N(C)/C=C\C(N)=NC=O)O1.CO. The molecule has 4 N–H and O–H groups in total. The zero-order chi connectivity index (χ0) is 28.4. The molecule has 0 radical (unpaired) electrons. The van der Waals surface area contributed by atoms with E-state index < -0.39 is 19.9 Å². The van der Waals surface area contributed by atoms with Gasteiger partial charge in [0.1, 0.15) is 18.6 Å². The summed E-state index contributed by atoms with van der Waals surface area (Å²) in [5.41, 5.74) is 5.16. The number of ether oxygens (including phenoxy) is 2. The van der Waals surface area contributed by atoms with Crippen LogP contribution in [0.1, 0.15) is 47.5 Å². The standard InChI is InChI=1S/C22H39N4O7PS.CH4O/c1-16(2)32-20(28)13-25-34(30-11-12-35-21(29)22(3,4)5)31-14-17-7-8-19(33-17)26(6)10-9-18(23)24-15-27;1-2/h9-10,15-17,19,25H,7-8,11-14H2,1-6H3,(H2,23,24,27);2H,1H3/b10-9-;/t17?,19?,34-;/m1./s1. The van der Waals surface area contributed by atoms with Crippen LogP contribution in [0.4, 0.5) is 0 Å². The number of amidine groups is 1. The summed E-state index contributed by atoms with van der Waals surface area (Å²) in [7, 11) is 1.25. The summed E-state index contributed by atoms with van der Waals surface area (Å²) in [4.78, 5) is 39.6. The molecule has 12 nitrogen and oxygen atoms in total. The van der Waals surface area contributed by atoms with Crippen LogP contribution >= 0.6 is 20.3 Å². The van der Waals surface area contributed by atoms with Crippen molar-refractivity contribution in [1.29, 1.82) is 0 Å². The quantitative estimate of drug-likeness (QED) is 0.0662. The summed E-state index contributed by atoms with van der Waals surface area (Å²) < 4.78 is 22.9. The third kappa shape index (κ3) is 16.8. The van der Waals surface area contributed by atoms with Gasteiger partial charge in [0.15, 0.2) is 5.12 Å². The maximum atomic E-state index is 12.1. The van der Waals surface area contributed by atoms with Crippen LogP contribution in [0.15, 0.2) is 17.3 Å². The Bertz CT molecular complexity index is 749. The number of nitrogens with one attached hydrogen (secondary N) is 1. The predicted molar refractivity (Wildman–Crippen MR) is 146 cm³/mol. The van der Waals surface area contributed by atoms with Crippen LogP contribution in [-0.2, 0) is 32.9 Å². The van der Waals surface area contributed by atoms with Crippen LogP contribution in [0.5, 0.6) is 0 Å². The van der Waals surface area contributed by atoms with E-state index in [1.54, 1.807) is 20.0 Å². The Morgan fingerprint density at radius 1 is 1.30 bits per heavy atom. The number of aliphatic hydroxyl groups excluding tert-OH is 1. The molecular formula is C23H43N4O8PS. The first-order valence-corrected chi connectivity index (χ1v) is 14.0. The van der Waals surface area contributed by atoms with Crippen LogP contribution in [0.3, 0.4) is 0 Å². The Kier molecular flexibility index (Phi) is 18.6. The zero-order valence-electron chi connectivity index (χ0n) is 22.8. The Labute approximate surface area is 225 Å². The van der Waals surface area contributed by atoms with Gasteiger partial charge in [-0.2, -0.15) is 4.99 Å². The van der Waals surface area contributed by atoms with Gasteiger partial charge in [0.25, 0.3) is 8.53 Å². The second kappa shape index (κ2) is 19.5. The highest BCUT2D eigenvalue weighted by molar-refractivity contribution is 8.13. The first-order chi connectivity index (χ1) is 17.4. The molecule has 37 heavy (non-hydrogen) atoms. The lowest BCUT2D eigenvalue weighted by atomic mass is 10.00. The van der Waals surface area contributed by atoms with Gasteiger partial charge in [-0.15, -0.1) is 0 Å². The molecule has 0 spiro atoms. The molecule has 1 fully saturated rings. The number of nitrogens with two attached hydrogens (primary N) is 1. The van der Waals surface area contributed by atoms with Gasteiger partial charge in [-0.05, 0) is 32.8 Å². The average molecular weight is 567 g/mol. The van der Waals surface area contributed by atoms with E-state index in [1.807, 2.05) is 32.7 Å². The number of hydrogen-bond acceptors (Lipinski definition) is 11. The summed E-state index contributed by atoms with van der Waals surface area (Å²) in [6.07, 6.45) is 4.61. The fourth-order valence-corrected chi connectivity index (χ4v) is 4.67. The molecule has 0 saturated carbocycles. The van der Waals surface area contributed by atoms with Crippen LogP contribution < -0.4 is 10.8 Å². The van der Waals surface area contributed by atoms with Crippen molar-refractivity contribution in [2.24, 2.45) is 16.1 Å². The second-order valence-corrected chi connectivity index (χ2v) is 11.5. The fourth-order valence-electron chi connectivity index (χ4n) is 2.69. The van der Waals surface area contributed by atoms with Gasteiger partial charge in [-0.25, -0.2) is 5.09 Å². The molecule has 1 heterocycles. The third-order valence-electron chi connectivity index (χ3n) is 4.46. The number of hydrogen-bond donors (Lipinski definition) is 3. The van der Waals surface area contributed by atoms with E-state index in [1.165, 1.54) is 17.8 Å². The Morgan fingerprint density at radius 2 is 1.97 bits per heavy atom. The smallest absolute Gasteiger partial charge is 0.320 e. The van der Waals surface area contributed by atoms with Gasteiger partial charge in [-0.3, -0.25) is 14.4 Å². The minimum Gasteiger partial charge on any atom is -0.462 e. The molecule has 1 amide bonds. The largest absolute Gasteiger partial charge is 0.462 e. The molecule has 14 heteroatoms. The van der Waals surface area contributed by atoms with Crippen LogP contribution in [0.2, 0.25) is 0 Å². The molecule has 0 bridgehead atoms. The average Bonchev–Trinajstić information content (AvgIpc) is 3.31. The van der Waals surface area contributed by atoms with Crippen molar-refractivity contribution < 1.29 is 38.0 Å². The molecule has 3 atom stereocenters. The van der Waals surface area contributed by atoms with Gasteiger partial charge in [0, 0.05) is 31.5 Å². The molecule has 1 saturated heterocycles. The number of aliphatic imine (C=N–C) groups is 1. The lowest BCUT2D eigenvalue weighted by Gasteiger charge is -2.24. The first kappa shape index (κ1) is 35.4. The van der Waals surface area contributed by atoms with Gasteiger partial charge >= 0.3 is 5.97 Å². The lowest BCUT2D eigenvalue weighted by molar-refractivity contribution is -0.145. The van der Waals surface area contributed by atoms with Crippen molar-refractivity contribution in [1.82, 2.24) is 9.99 Å². The number of nitrogens with zero attached hydrogens (tertiary/aromatic N) is 2. The minimum absolute atomic E-state index is 0.0522. The molecule has 0 aromatic carbocycles. The Morgan fingerprint density at radius 3 is 2.57 bits per heavy atom. The molecule has 214 valence electrons. The maximum Gasteiger partial charge on any atom is 0.320 e. The molecule has 0 aromatic rings. The van der Waals surface area contributed by atoms with Crippen molar-refractivity contribution in [3.05, 3.63) is 12.3 Å². The van der Waals surface area contributed by atoms with E-state index in [4.69, 9.17) is 29.4 Å². The van der Waals surface area contributed by atoms with E-state index in [0.29, 0.717) is 12.2 Å². The minimum atomic E-state index is -1.59. The Balaban J connectivity index is 0.00000631. The maximum absolute atomic E-state index is 12.1. The third-order valence-corrected chi connectivity index (χ3v) is 6.92. The lowest BCUT2D eigenvalue weighted by Crippen LogP contribution is -2.29. The number of carbonyl (C=O) groups is 3. The van der Waals surface area contributed by atoms with Crippen molar-refractivity contribution in [3.8, 4) is 0 Å². The van der Waals surface area contributed by atoms with E-state index in [0.717, 1.165) is 20.0 Å². The molecule has 2 unspecified atom stereocenters. The number of carbonyl (C=O) groups excluding carboxylic acids is 3. The highest BCUT2D eigenvalue weighted by atomic mass is 32.2. The summed E-state index contributed by atoms with van der Waals surface area (Å²) in [6.45, 7) is 9.68. The number of rotatable bonds is 15. The van der Waals surface area contributed by atoms with Crippen LogP contribution in [-0.4, -0.2) is 91.4 Å². The zero-order valence-corrected chi connectivity index (χ0v) is 24.5. The normalized spacial score (nSPS) is 18.9. The number of aliphatic hydroxyl groups is 1. The van der Waals surface area contributed by atoms with Crippen LogP contribution in [0, 0.1) is 5.41 Å². The van der Waals surface area contributed by atoms with Gasteiger partial charge < -0.3 is 34.3 Å². The van der Waals surface area contributed by atoms with E-state index in [-0.39, 0.29) is 49.1 Å². The highest BCUT2D eigenvalue weighted by Gasteiger charge is 2.29. The van der Waals surface area contributed by atoms with Crippen molar-refractivity contribution >= 4 is 43.6 Å². The van der Waals surface area contributed by atoms with Crippen molar-refractivity contribution in [2.75, 3.05) is 39.7 Å². The van der Waals surface area contributed by atoms with Crippen LogP contribution in [0.25, 0.3) is 0 Å². The molecule has 1 rings (SSSR count). The van der Waals surface area contributed by atoms with Gasteiger partial charge in [0.2, 0.25) is 6.41 Å². The number of amides is 1. The molecule has 1 aliphatic heterocycles. The summed E-state index contributed by atoms with van der Waals surface area (Å²) in [5.74, 6) is 0.184. The Hall–Kier alpha value is -1.60. The van der Waals surface area contributed by atoms with Gasteiger partial charge in [0.05, 0.1) is 25.4 Å². The molecular weight excluding hydrogens is 523 g/mol. The molecule has 1 aliphatic rings. The molecule has 0 aromatic heterocycles.